The summed E-state index contributed by atoms with van der Waals surface area (Å²) >= 11 is 1.22. The molecule has 1 aromatic heterocycles. The van der Waals surface area contributed by atoms with Crippen LogP contribution >= 0.6 is 11.8 Å². The first kappa shape index (κ1) is 57.3. The number of unbranched alkanes of at least 4 members (excludes halogenated alkanes) is 12. The van der Waals surface area contributed by atoms with E-state index in [9.17, 15) is 54.9 Å². The third kappa shape index (κ3) is 19.5. The monoisotopic (exact) mass is 964 g/mol. The molecule has 22 heteroatoms. The van der Waals surface area contributed by atoms with Crippen LogP contribution in [0.3, 0.4) is 0 Å². The van der Waals surface area contributed by atoms with Crippen LogP contribution in [-0.4, -0.2) is 173 Å². The lowest BCUT2D eigenvalue weighted by Crippen LogP contribution is -2.63. The molecule has 2 aliphatic rings. The smallest absolute Gasteiger partial charge is 0.306 e. The van der Waals surface area contributed by atoms with Crippen LogP contribution < -0.4 is 10.6 Å². The number of ether oxygens (including phenoxy) is 5. The van der Waals surface area contributed by atoms with Crippen LogP contribution in [0, 0.1) is 0 Å². The molecule has 2 aliphatic heterocycles. The van der Waals surface area contributed by atoms with Gasteiger partial charge in [-0.2, -0.15) is 11.8 Å². The highest BCUT2D eigenvalue weighted by molar-refractivity contribution is 7.99. The van der Waals surface area contributed by atoms with Crippen molar-refractivity contribution in [2.24, 2.45) is 0 Å². The molecule has 2 amide bonds. The molecule has 0 saturated carbocycles. The van der Waals surface area contributed by atoms with E-state index in [4.69, 9.17) is 23.7 Å². The van der Waals surface area contributed by atoms with Crippen molar-refractivity contribution in [3.8, 4) is 0 Å². The number of rotatable bonds is 33. The van der Waals surface area contributed by atoms with Gasteiger partial charge in [0, 0.05) is 30.8 Å². The van der Waals surface area contributed by atoms with Crippen LogP contribution in [0.1, 0.15) is 143 Å². The van der Waals surface area contributed by atoms with Gasteiger partial charge in [-0.1, -0.05) is 103 Å². The highest BCUT2D eigenvalue weighted by Gasteiger charge is 2.51. The number of hydrogen-bond acceptors (Lipinski definition) is 19. The van der Waals surface area contributed by atoms with E-state index >= 15 is 0 Å². The Morgan fingerprint density at radius 3 is 1.91 bits per heavy atom. The summed E-state index contributed by atoms with van der Waals surface area (Å²) in [5, 5.41) is 86.0. The molecule has 3 heterocycles. The van der Waals surface area contributed by atoms with E-state index in [0.29, 0.717) is 19.3 Å². The predicted octanol–water partition coefficient (Wildman–Crippen LogP) is 1.77. The van der Waals surface area contributed by atoms with Crippen molar-refractivity contribution < 1.29 is 78.6 Å². The molecule has 12 atom stereocenters. The Labute approximate surface area is 392 Å². The van der Waals surface area contributed by atoms with Gasteiger partial charge in [0.2, 0.25) is 11.8 Å². The highest BCUT2D eigenvalue weighted by Crippen LogP contribution is 2.33. The summed E-state index contributed by atoms with van der Waals surface area (Å²) in [5.74, 6) is -1.76. The second kappa shape index (κ2) is 31.9. The second-order valence-corrected chi connectivity index (χ2v) is 18.1. The van der Waals surface area contributed by atoms with Gasteiger partial charge < -0.3 is 70.1 Å². The molecule has 0 spiro atoms. The molecule has 0 aromatic carbocycles. The first-order chi connectivity index (χ1) is 31.8. The summed E-state index contributed by atoms with van der Waals surface area (Å²) in [6.45, 7) is 4.63. The fourth-order valence-electron chi connectivity index (χ4n) is 7.48. The normalized spacial score (nSPS) is 26.3. The van der Waals surface area contributed by atoms with Gasteiger partial charge in [0.15, 0.2) is 18.3 Å². The zero-order valence-corrected chi connectivity index (χ0v) is 39.6. The molecule has 1 aromatic rings. The topological polar surface area (TPSA) is 311 Å². The SMILES string of the molecule is CCCCCCCC(=O)NC(CSCC(COC(=O)CCCCCCC)OC(=O)CCCCCCC)C(=O)Nc1cn([C@@H]2OC(CO)C(OC3OC(CO)C(O)C(O)C3O)C(O)C2O)nn1. The average Bonchev–Trinajstić information content (AvgIpc) is 3.77. The number of carbonyl (C=O) groups is 4. The first-order valence-corrected chi connectivity index (χ1v) is 25.0. The fourth-order valence-corrected chi connectivity index (χ4v) is 8.51. The summed E-state index contributed by atoms with van der Waals surface area (Å²) in [5.41, 5.74) is 0. The first-order valence-electron chi connectivity index (χ1n) is 23.8. The summed E-state index contributed by atoms with van der Waals surface area (Å²) in [7, 11) is 0. The Morgan fingerprint density at radius 1 is 0.712 bits per heavy atom. The Hall–Kier alpha value is -3.03. The molecule has 0 radical (unpaired) electrons. The number of esters is 2. The third-order valence-corrected chi connectivity index (χ3v) is 12.6. The Bertz CT molecular complexity index is 1540. The lowest BCUT2D eigenvalue weighted by atomic mass is 9.96. The van der Waals surface area contributed by atoms with E-state index in [0.717, 1.165) is 81.7 Å². The molecular formula is C44H77N5O16S. The highest BCUT2D eigenvalue weighted by atomic mass is 32.2. The number of nitrogens with one attached hydrogen (secondary N) is 2. The molecular weight excluding hydrogens is 887 g/mol. The van der Waals surface area contributed by atoms with Crippen LogP contribution in [0.15, 0.2) is 6.20 Å². The van der Waals surface area contributed by atoms with Crippen molar-refractivity contribution in [3.63, 3.8) is 0 Å². The molecule has 2 saturated heterocycles. The van der Waals surface area contributed by atoms with E-state index in [-0.39, 0.29) is 55.1 Å². The van der Waals surface area contributed by atoms with Crippen LogP contribution in [0.4, 0.5) is 5.82 Å². The van der Waals surface area contributed by atoms with Crippen molar-refractivity contribution >= 4 is 41.3 Å². The van der Waals surface area contributed by atoms with Gasteiger partial charge >= 0.3 is 11.9 Å². The standard InChI is InChI=1S/C44H77N5O16S/c1-4-7-10-13-16-19-33(52)45-29(27-66-26-28(62-35(54)21-18-15-12-9-6-3)25-61-34(53)20-17-14-11-8-5-2)42(60)46-32-22-49(48-47-32)43-39(58)38(57)41(31(24-51)63-43)65-44-40(59)37(56)36(55)30(23-50)64-44/h22,28-31,36-41,43-44,50-51,55-59H,4-21,23-27H2,1-3H3,(H,45,52)(H,46,60)/t28?,29?,30?,31?,36?,37?,38?,39?,40?,41?,43-,44?/m1/s1. The minimum atomic E-state index is -1.84. The van der Waals surface area contributed by atoms with Crippen molar-refractivity contribution in [1.82, 2.24) is 20.3 Å². The van der Waals surface area contributed by atoms with E-state index in [2.05, 4.69) is 41.7 Å². The maximum Gasteiger partial charge on any atom is 0.306 e. The molecule has 2 fully saturated rings. The maximum atomic E-state index is 13.8. The quantitative estimate of drug-likeness (QED) is 0.0358. The van der Waals surface area contributed by atoms with Gasteiger partial charge in [-0.05, 0) is 19.3 Å². The van der Waals surface area contributed by atoms with Gasteiger partial charge in [0.05, 0.1) is 19.4 Å². The van der Waals surface area contributed by atoms with E-state index in [1.165, 1.54) is 18.0 Å². The van der Waals surface area contributed by atoms with Crippen molar-refractivity contribution in [2.45, 2.75) is 210 Å². The zero-order valence-electron chi connectivity index (χ0n) is 38.8. The van der Waals surface area contributed by atoms with Gasteiger partial charge in [0.1, 0.15) is 67.6 Å². The summed E-state index contributed by atoms with van der Waals surface area (Å²) in [6, 6.07) is -1.11. The van der Waals surface area contributed by atoms with Gasteiger partial charge in [-0.3, -0.25) is 19.2 Å². The second-order valence-electron chi connectivity index (χ2n) is 17.0. The number of amides is 2. The molecule has 3 rings (SSSR count). The number of thioether (sulfide) groups is 1. The number of carbonyl (C=O) groups excluding carboxylic acids is 4. The van der Waals surface area contributed by atoms with Crippen molar-refractivity contribution in [3.05, 3.63) is 6.20 Å². The van der Waals surface area contributed by atoms with Crippen LogP contribution in [0.25, 0.3) is 0 Å². The summed E-state index contributed by atoms with van der Waals surface area (Å²) < 4.78 is 29.1. The van der Waals surface area contributed by atoms with Gasteiger partial charge in [-0.25, -0.2) is 4.68 Å². The van der Waals surface area contributed by atoms with E-state index in [1.54, 1.807) is 0 Å². The van der Waals surface area contributed by atoms with Crippen molar-refractivity contribution in [2.75, 3.05) is 36.6 Å². The molecule has 0 bridgehead atoms. The molecule has 0 aliphatic carbocycles. The number of nitrogens with zero attached hydrogens (tertiary/aromatic N) is 3. The Kier molecular flexibility index (Phi) is 27.7. The van der Waals surface area contributed by atoms with Crippen LogP contribution in [0.2, 0.25) is 0 Å². The molecule has 380 valence electrons. The largest absolute Gasteiger partial charge is 0.462 e. The lowest BCUT2D eigenvalue weighted by molar-refractivity contribution is -0.347. The van der Waals surface area contributed by atoms with E-state index in [1.807, 2.05) is 0 Å². The predicted molar refractivity (Wildman–Crippen MR) is 241 cm³/mol. The lowest BCUT2D eigenvalue weighted by Gasteiger charge is -2.45. The van der Waals surface area contributed by atoms with Crippen LogP contribution in [-0.2, 0) is 42.9 Å². The summed E-state index contributed by atoms with van der Waals surface area (Å²) in [6.07, 6.45) is -1.26. The van der Waals surface area contributed by atoms with Gasteiger partial charge in [-0.15, -0.1) is 5.10 Å². The Balaban J connectivity index is 1.69. The fraction of sp³-hybridized carbons (Fsp3) is 0.864. The number of aliphatic hydroxyl groups excluding tert-OH is 7. The zero-order chi connectivity index (χ0) is 48.4. The number of aliphatic hydroxyl groups is 7. The molecule has 9 N–H and O–H groups in total. The minimum absolute atomic E-state index is 0.0304. The number of hydrogen-bond donors (Lipinski definition) is 9. The Morgan fingerprint density at radius 2 is 1.30 bits per heavy atom. The molecule has 21 nitrogen and oxygen atoms in total. The molecule has 11 unspecified atom stereocenters. The third-order valence-electron chi connectivity index (χ3n) is 11.4. The average molecular weight is 964 g/mol. The number of aromatic nitrogens is 3. The van der Waals surface area contributed by atoms with E-state index < -0.39 is 98.6 Å². The number of anilines is 1. The van der Waals surface area contributed by atoms with Gasteiger partial charge in [0.25, 0.3) is 0 Å². The summed E-state index contributed by atoms with van der Waals surface area (Å²) in [4.78, 5) is 52.4. The molecule has 66 heavy (non-hydrogen) atoms. The van der Waals surface area contributed by atoms with Crippen LogP contribution in [0.5, 0.6) is 0 Å². The van der Waals surface area contributed by atoms with Crippen molar-refractivity contribution in [1.29, 1.82) is 0 Å². The minimum Gasteiger partial charge on any atom is -0.462 e. The maximum absolute atomic E-state index is 13.8.